The zero-order chi connectivity index (χ0) is 20.2. The summed E-state index contributed by atoms with van der Waals surface area (Å²) in [5.74, 6) is 2.76. The third-order valence-corrected chi connectivity index (χ3v) is 8.14. The van der Waals surface area contributed by atoms with Gasteiger partial charge in [0, 0.05) is 11.7 Å². The zero-order valence-corrected chi connectivity index (χ0v) is 17.9. The van der Waals surface area contributed by atoms with Crippen LogP contribution in [0.2, 0.25) is 0 Å². The summed E-state index contributed by atoms with van der Waals surface area (Å²) in [5.41, 5.74) is 4.08. The van der Waals surface area contributed by atoms with Crippen molar-refractivity contribution < 1.29 is 4.79 Å². The van der Waals surface area contributed by atoms with Gasteiger partial charge in [-0.15, -0.1) is 0 Å². The first-order chi connectivity index (χ1) is 13.9. The highest BCUT2D eigenvalue weighted by molar-refractivity contribution is 5.96. The molecule has 0 aliphatic heterocycles. The molecule has 0 spiro atoms. The van der Waals surface area contributed by atoms with E-state index in [1.165, 1.54) is 44.1 Å². The first-order valence-corrected chi connectivity index (χ1v) is 11.3. The third-order valence-electron chi connectivity index (χ3n) is 8.14. The number of carbonyl (C=O) groups is 1. The minimum absolute atomic E-state index is 0.0579. The van der Waals surface area contributed by atoms with E-state index in [0.717, 1.165) is 34.7 Å². The minimum Gasteiger partial charge on any atom is -0.349 e. The van der Waals surface area contributed by atoms with E-state index in [-0.39, 0.29) is 11.9 Å². The molecule has 2 aromatic rings. The standard InChI is InChI=1S/C25H33N3O/c1-16-23(17(2)28(27-16)15-19-7-5-4-6-8-19)24(29)26-18(3)25-12-20-9-21(13-25)11-22(10-20)14-25/h4-8,18,20-22H,9-15H2,1-3H3,(H,26,29)/t18-,20?,21?,22?,25?/m1/s1. The van der Waals surface area contributed by atoms with Crippen molar-refractivity contribution in [3.05, 3.63) is 52.8 Å². The van der Waals surface area contributed by atoms with E-state index in [4.69, 9.17) is 0 Å². The van der Waals surface area contributed by atoms with Gasteiger partial charge in [0.1, 0.15) is 0 Å². The van der Waals surface area contributed by atoms with Crippen molar-refractivity contribution in [1.82, 2.24) is 15.1 Å². The van der Waals surface area contributed by atoms with Gasteiger partial charge in [0.05, 0.1) is 17.8 Å². The van der Waals surface area contributed by atoms with Gasteiger partial charge in [-0.05, 0) is 88.0 Å². The molecule has 0 saturated heterocycles. The summed E-state index contributed by atoms with van der Waals surface area (Å²) in [7, 11) is 0. The largest absolute Gasteiger partial charge is 0.349 e. The van der Waals surface area contributed by atoms with Gasteiger partial charge in [-0.2, -0.15) is 5.10 Å². The summed E-state index contributed by atoms with van der Waals surface area (Å²) in [5, 5.41) is 8.10. The second-order valence-corrected chi connectivity index (χ2v) is 10.2. The first-order valence-electron chi connectivity index (χ1n) is 11.3. The molecule has 0 radical (unpaired) electrons. The van der Waals surface area contributed by atoms with Crippen LogP contribution in [0.5, 0.6) is 0 Å². The molecule has 29 heavy (non-hydrogen) atoms. The van der Waals surface area contributed by atoms with E-state index >= 15 is 0 Å². The van der Waals surface area contributed by atoms with Gasteiger partial charge in [-0.25, -0.2) is 0 Å². The van der Waals surface area contributed by atoms with E-state index in [2.05, 4.69) is 29.5 Å². The molecule has 4 saturated carbocycles. The van der Waals surface area contributed by atoms with Crippen LogP contribution >= 0.6 is 0 Å². The van der Waals surface area contributed by atoms with Gasteiger partial charge < -0.3 is 5.32 Å². The molecule has 1 heterocycles. The number of nitrogens with zero attached hydrogens (tertiary/aromatic N) is 2. The lowest BCUT2D eigenvalue weighted by Gasteiger charge is -2.59. The van der Waals surface area contributed by atoms with Crippen LogP contribution in [0.3, 0.4) is 0 Å². The predicted molar refractivity (Wildman–Crippen MR) is 115 cm³/mol. The van der Waals surface area contributed by atoms with Crippen molar-refractivity contribution in [1.29, 1.82) is 0 Å². The Hall–Kier alpha value is -2.10. The molecule has 4 fully saturated rings. The van der Waals surface area contributed by atoms with Crippen molar-refractivity contribution >= 4 is 5.91 Å². The van der Waals surface area contributed by atoms with Crippen LogP contribution in [0, 0.1) is 37.0 Å². The smallest absolute Gasteiger partial charge is 0.255 e. The lowest BCUT2D eigenvalue weighted by molar-refractivity contribution is -0.0688. The van der Waals surface area contributed by atoms with Crippen molar-refractivity contribution in [2.75, 3.05) is 0 Å². The normalized spacial score (nSPS) is 31.1. The van der Waals surface area contributed by atoms with E-state index < -0.39 is 0 Å². The summed E-state index contributed by atoms with van der Waals surface area (Å²) in [6.07, 6.45) is 8.24. The molecule has 1 N–H and O–H groups in total. The number of rotatable bonds is 5. The maximum absolute atomic E-state index is 13.3. The Morgan fingerprint density at radius 2 is 1.69 bits per heavy atom. The van der Waals surface area contributed by atoms with Gasteiger partial charge in [-0.1, -0.05) is 30.3 Å². The molecule has 4 heteroatoms. The lowest BCUT2D eigenvalue weighted by Crippen LogP contribution is -2.55. The summed E-state index contributed by atoms with van der Waals surface area (Å²) in [4.78, 5) is 13.3. The highest BCUT2D eigenvalue weighted by atomic mass is 16.1. The fourth-order valence-electron chi connectivity index (χ4n) is 7.07. The Bertz CT molecular complexity index is 878. The number of hydrogen-bond donors (Lipinski definition) is 1. The fourth-order valence-corrected chi connectivity index (χ4v) is 7.07. The lowest BCUT2D eigenvalue weighted by atomic mass is 9.48. The molecule has 4 nitrogen and oxygen atoms in total. The number of benzene rings is 1. The second-order valence-electron chi connectivity index (χ2n) is 10.2. The molecular formula is C25H33N3O. The van der Waals surface area contributed by atoms with Crippen LogP contribution in [-0.2, 0) is 6.54 Å². The summed E-state index contributed by atoms with van der Waals surface area (Å²) in [6, 6.07) is 10.6. The molecule has 1 amide bonds. The van der Waals surface area contributed by atoms with Crippen LogP contribution in [-0.4, -0.2) is 21.7 Å². The van der Waals surface area contributed by atoms with Gasteiger partial charge in [0.15, 0.2) is 0 Å². The Kier molecular flexibility index (Phi) is 4.56. The number of aromatic nitrogens is 2. The monoisotopic (exact) mass is 391 g/mol. The van der Waals surface area contributed by atoms with Gasteiger partial charge in [0.25, 0.3) is 5.91 Å². The topological polar surface area (TPSA) is 46.9 Å². The van der Waals surface area contributed by atoms with Crippen LogP contribution in [0.15, 0.2) is 30.3 Å². The number of carbonyl (C=O) groups excluding carboxylic acids is 1. The van der Waals surface area contributed by atoms with Gasteiger partial charge in [-0.3, -0.25) is 9.48 Å². The minimum atomic E-state index is 0.0579. The molecule has 1 aromatic carbocycles. The van der Waals surface area contributed by atoms with Crippen molar-refractivity contribution in [2.24, 2.45) is 23.2 Å². The number of amides is 1. The van der Waals surface area contributed by atoms with E-state index in [0.29, 0.717) is 12.0 Å². The summed E-state index contributed by atoms with van der Waals surface area (Å²) >= 11 is 0. The number of aryl methyl sites for hydroxylation is 1. The average molecular weight is 392 g/mol. The van der Waals surface area contributed by atoms with Crippen molar-refractivity contribution in [3.63, 3.8) is 0 Å². The van der Waals surface area contributed by atoms with Gasteiger partial charge in [0.2, 0.25) is 0 Å². The first kappa shape index (κ1) is 18.9. The Morgan fingerprint density at radius 3 is 2.28 bits per heavy atom. The van der Waals surface area contributed by atoms with Gasteiger partial charge >= 0.3 is 0 Å². The Balaban J connectivity index is 1.33. The molecule has 154 valence electrons. The maximum Gasteiger partial charge on any atom is 0.255 e. The molecule has 4 aliphatic rings. The van der Waals surface area contributed by atoms with E-state index in [9.17, 15) is 4.79 Å². The molecule has 0 unspecified atom stereocenters. The average Bonchev–Trinajstić information content (AvgIpc) is 2.94. The SMILES string of the molecule is Cc1nn(Cc2ccccc2)c(C)c1C(=O)N[C@H](C)C12CC3CC(CC(C3)C1)C2. The molecule has 6 rings (SSSR count). The Morgan fingerprint density at radius 1 is 1.10 bits per heavy atom. The second kappa shape index (κ2) is 7.00. The van der Waals surface area contributed by atoms with Crippen LogP contribution < -0.4 is 5.32 Å². The van der Waals surface area contributed by atoms with Crippen LogP contribution in [0.25, 0.3) is 0 Å². The summed E-state index contributed by atoms with van der Waals surface area (Å²) in [6.45, 7) is 6.93. The maximum atomic E-state index is 13.3. The van der Waals surface area contributed by atoms with Crippen molar-refractivity contribution in [3.8, 4) is 0 Å². The quantitative estimate of drug-likeness (QED) is 0.789. The Labute approximate surface area is 174 Å². The third kappa shape index (κ3) is 3.31. The zero-order valence-electron chi connectivity index (χ0n) is 17.9. The molecule has 1 atom stereocenters. The highest BCUT2D eigenvalue weighted by Gasteiger charge is 2.53. The van der Waals surface area contributed by atoms with Crippen molar-refractivity contribution in [2.45, 2.75) is 71.9 Å². The molecule has 4 bridgehead atoms. The van der Waals surface area contributed by atoms with E-state index in [1.807, 2.05) is 36.7 Å². The highest BCUT2D eigenvalue weighted by Crippen LogP contribution is 2.61. The summed E-state index contributed by atoms with van der Waals surface area (Å²) < 4.78 is 1.97. The number of hydrogen-bond acceptors (Lipinski definition) is 2. The van der Waals surface area contributed by atoms with Crippen LogP contribution in [0.1, 0.15) is 72.8 Å². The predicted octanol–water partition coefficient (Wildman–Crippen LogP) is 4.88. The number of nitrogens with one attached hydrogen (secondary N) is 1. The molecular weight excluding hydrogens is 358 g/mol. The fraction of sp³-hybridized carbons (Fsp3) is 0.600. The molecule has 4 aliphatic carbocycles. The van der Waals surface area contributed by atoms with Crippen LogP contribution in [0.4, 0.5) is 0 Å². The molecule has 1 aromatic heterocycles. The van der Waals surface area contributed by atoms with E-state index in [1.54, 1.807) is 0 Å².